The number of thiazole rings is 1. The van der Waals surface area contributed by atoms with Gasteiger partial charge in [0, 0.05) is 24.1 Å². The third-order valence-corrected chi connectivity index (χ3v) is 7.11. The molecule has 0 N–H and O–H groups in total. The summed E-state index contributed by atoms with van der Waals surface area (Å²) in [7, 11) is 4.26. The van der Waals surface area contributed by atoms with Crippen LogP contribution in [0.5, 0.6) is 0 Å². The first-order valence-corrected chi connectivity index (χ1v) is 10.6. The van der Waals surface area contributed by atoms with Crippen molar-refractivity contribution in [2.75, 3.05) is 11.9 Å². The lowest BCUT2D eigenvalue weighted by Crippen LogP contribution is -2.28. The summed E-state index contributed by atoms with van der Waals surface area (Å²) in [5.41, 5.74) is 5.19. The minimum atomic E-state index is 1.25. The van der Waals surface area contributed by atoms with Crippen molar-refractivity contribution >= 4 is 45.1 Å². The zero-order valence-corrected chi connectivity index (χ0v) is 17.7. The molecule has 0 saturated heterocycles. The number of anilines is 1. The maximum absolute atomic E-state index is 2.26. The first-order valence-electron chi connectivity index (χ1n) is 8.99. The topological polar surface area (TPSA) is 7.12 Å². The minimum Gasteiger partial charge on any atom is -0.338 e. The van der Waals surface area contributed by atoms with Crippen molar-refractivity contribution in [1.29, 1.82) is 0 Å². The molecule has 3 aromatic rings. The molecule has 2 heterocycles. The van der Waals surface area contributed by atoms with Crippen molar-refractivity contribution in [2.24, 2.45) is 7.05 Å². The molecule has 4 heteroatoms. The number of rotatable bonds is 3. The summed E-state index contributed by atoms with van der Waals surface area (Å²) in [5.74, 6) is 0. The van der Waals surface area contributed by atoms with E-state index in [2.05, 4.69) is 104 Å². The predicted molar refractivity (Wildman–Crippen MR) is 119 cm³/mol. The Kier molecular flexibility index (Phi) is 4.94. The molecule has 1 aliphatic rings. The number of fused-ring (bicyclic) bond motifs is 2. The van der Waals surface area contributed by atoms with Crippen LogP contribution in [0.2, 0.25) is 0 Å². The molecule has 0 amide bonds. The Balaban J connectivity index is 1.49. The third-order valence-electron chi connectivity index (χ3n) is 4.74. The lowest BCUT2D eigenvalue weighted by Gasteiger charge is -2.13. The van der Waals surface area contributed by atoms with Crippen LogP contribution in [-0.2, 0) is 7.05 Å². The number of allylic oxidation sites excluding steroid dienone is 4. The number of hydrogen-bond acceptors (Lipinski definition) is 3. The highest BCUT2D eigenvalue weighted by Crippen LogP contribution is 2.45. The van der Waals surface area contributed by atoms with Crippen molar-refractivity contribution in [2.45, 2.75) is 18.7 Å². The smallest absolute Gasteiger partial charge is 0.262 e. The van der Waals surface area contributed by atoms with Crippen molar-refractivity contribution in [3.05, 3.63) is 81.9 Å². The van der Waals surface area contributed by atoms with E-state index >= 15 is 0 Å². The van der Waals surface area contributed by atoms with Crippen LogP contribution in [0.3, 0.4) is 0 Å². The maximum Gasteiger partial charge on any atom is 0.262 e. The van der Waals surface area contributed by atoms with Gasteiger partial charge in [0.05, 0.1) is 10.7 Å². The van der Waals surface area contributed by atoms with Gasteiger partial charge in [-0.2, -0.15) is 4.57 Å². The average Bonchev–Trinajstić information content (AvgIpc) is 3.13. The van der Waals surface area contributed by atoms with Crippen molar-refractivity contribution in [3.63, 3.8) is 0 Å². The molecule has 0 fully saturated rings. The molecular formula is C23H23N2S2+. The summed E-state index contributed by atoms with van der Waals surface area (Å²) >= 11 is 3.65. The van der Waals surface area contributed by atoms with Gasteiger partial charge in [-0.05, 0) is 49.2 Å². The number of aromatic nitrogens is 1. The first kappa shape index (κ1) is 18.1. The van der Waals surface area contributed by atoms with Crippen molar-refractivity contribution < 1.29 is 4.57 Å². The monoisotopic (exact) mass is 391 g/mol. The fourth-order valence-corrected chi connectivity index (χ4v) is 5.27. The maximum atomic E-state index is 2.26. The molecule has 0 saturated carbocycles. The molecule has 0 bridgehead atoms. The van der Waals surface area contributed by atoms with Crippen LogP contribution < -0.4 is 9.47 Å². The zero-order valence-electron chi connectivity index (χ0n) is 16.1. The largest absolute Gasteiger partial charge is 0.338 e. The van der Waals surface area contributed by atoms with E-state index in [0.29, 0.717) is 0 Å². The van der Waals surface area contributed by atoms with Crippen molar-refractivity contribution in [3.8, 4) is 0 Å². The Bertz CT molecular complexity index is 1100. The van der Waals surface area contributed by atoms with E-state index in [1.165, 1.54) is 42.0 Å². The van der Waals surface area contributed by atoms with Gasteiger partial charge in [-0.25, -0.2) is 0 Å². The van der Waals surface area contributed by atoms with Crippen molar-refractivity contribution in [1.82, 2.24) is 0 Å². The Labute approximate surface area is 169 Å². The number of hydrogen-bond donors (Lipinski definition) is 0. The summed E-state index contributed by atoms with van der Waals surface area (Å²) in [5, 5.41) is 2.51. The molecule has 0 spiro atoms. The van der Waals surface area contributed by atoms with E-state index < -0.39 is 0 Å². The lowest BCUT2D eigenvalue weighted by atomic mass is 10.2. The van der Waals surface area contributed by atoms with Crippen LogP contribution in [0, 0.1) is 13.8 Å². The second-order valence-corrected chi connectivity index (χ2v) is 8.98. The second kappa shape index (κ2) is 7.37. The fourth-order valence-electron chi connectivity index (χ4n) is 3.18. The molecule has 1 aromatic heterocycles. The van der Waals surface area contributed by atoms with Gasteiger partial charge in [0.2, 0.25) is 5.52 Å². The van der Waals surface area contributed by atoms with E-state index in [9.17, 15) is 0 Å². The molecule has 0 unspecified atom stereocenters. The van der Waals surface area contributed by atoms with E-state index in [4.69, 9.17) is 0 Å². The molecule has 136 valence electrons. The molecule has 0 aliphatic carbocycles. The molecule has 4 rings (SSSR count). The zero-order chi connectivity index (χ0) is 19.0. The fraction of sp³-hybridized carbons (Fsp3) is 0.174. The lowest BCUT2D eigenvalue weighted by molar-refractivity contribution is -0.642. The summed E-state index contributed by atoms with van der Waals surface area (Å²) < 4.78 is 3.58. The third kappa shape index (κ3) is 3.60. The van der Waals surface area contributed by atoms with E-state index in [1.807, 2.05) is 23.1 Å². The summed E-state index contributed by atoms with van der Waals surface area (Å²) in [6, 6.07) is 13.3. The average molecular weight is 392 g/mol. The number of nitrogens with zero attached hydrogens (tertiary/aromatic N) is 2. The Hall–Kier alpha value is -2.30. The van der Waals surface area contributed by atoms with E-state index in [-0.39, 0.29) is 0 Å². The first-order chi connectivity index (χ1) is 13.0. The van der Waals surface area contributed by atoms with E-state index in [1.54, 1.807) is 0 Å². The van der Waals surface area contributed by atoms with Gasteiger partial charge in [-0.1, -0.05) is 53.5 Å². The van der Waals surface area contributed by atoms with Crippen LogP contribution in [-0.4, -0.2) is 7.05 Å². The van der Waals surface area contributed by atoms with Gasteiger partial charge < -0.3 is 4.90 Å². The molecule has 0 radical (unpaired) electrons. The van der Waals surface area contributed by atoms with Gasteiger partial charge in [0.15, 0.2) is 0 Å². The van der Waals surface area contributed by atoms with E-state index in [0.717, 1.165) is 0 Å². The van der Waals surface area contributed by atoms with Gasteiger partial charge in [-0.15, -0.1) is 0 Å². The van der Waals surface area contributed by atoms with Crippen LogP contribution in [0.15, 0.2) is 70.6 Å². The molecule has 2 aromatic carbocycles. The Morgan fingerprint density at radius 3 is 2.59 bits per heavy atom. The number of benzene rings is 2. The Morgan fingerprint density at radius 1 is 0.963 bits per heavy atom. The van der Waals surface area contributed by atoms with Gasteiger partial charge >= 0.3 is 0 Å². The summed E-state index contributed by atoms with van der Waals surface area (Å²) in [6.07, 6.45) is 10.7. The minimum absolute atomic E-state index is 1.25. The van der Waals surface area contributed by atoms with Crippen LogP contribution in [0.1, 0.15) is 16.1 Å². The van der Waals surface area contributed by atoms with Crippen LogP contribution >= 0.6 is 23.1 Å². The summed E-state index contributed by atoms with van der Waals surface area (Å²) in [4.78, 5) is 3.58. The standard InChI is InChI=1S/C23H23N2S2/c1-16-10-12-20-18(14-16)24(3)22(26-20)8-6-5-7-9-23-25(4)19-15-17(2)11-13-21(19)27-23/h5-15H,1-4H3/q+1. The Morgan fingerprint density at radius 2 is 1.74 bits per heavy atom. The van der Waals surface area contributed by atoms with Crippen LogP contribution in [0.4, 0.5) is 5.69 Å². The highest BCUT2D eigenvalue weighted by molar-refractivity contribution is 8.03. The highest BCUT2D eigenvalue weighted by Gasteiger charge is 2.21. The molecular weight excluding hydrogens is 368 g/mol. The van der Waals surface area contributed by atoms with Gasteiger partial charge in [0.25, 0.3) is 5.01 Å². The number of aryl methyl sites for hydroxylation is 3. The summed E-state index contributed by atoms with van der Waals surface area (Å²) in [6.45, 7) is 4.28. The second-order valence-electron chi connectivity index (χ2n) is 6.85. The molecule has 2 nitrogen and oxygen atoms in total. The molecule has 1 aliphatic heterocycles. The SMILES string of the molecule is Cc1ccc2c(c1)N(C)/C(=C/C=C/C=C/c1sc3ccc(C)cc3[n+]1C)S2. The van der Waals surface area contributed by atoms with Gasteiger partial charge in [0.1, 0.15) is 11.7 Å². The number of thioether (sulfide) groups is 1. The highest BCUT2D eigenvalue weighted by atomic mass is 32.2. The molecule has 0 atom stereocenters. The predicted octanol–water partition coefficient (Wildman–Crippen LogP) is 6.00. The normalized spacial score (nSPS) is 15.7. The van der Waals surface area contributed by atoms with Gasteiger partial charge in [-0.3, -0.25) is 0 Å². The quantitative estimate of drug-likeness (QED) is 0.399. The van der Waals surface area contributed by atoms with Crippen LogP contribution in [0.25, 0.3) is 16.3 Å². The molecule has 27 heavy (non-hydrogen) atoms.